The van der Waals surface area contributed by atoms with Crippen LogP contribution in [0.5, 0.6) is 0 Å². The summed E-state index contributed by atoms with van der Waals surface area (Å²) >= 11 is 0. The topological polar surface area (TPSA) is 37.3 Å². The lowest BCUT2D eigenvalue weighted by atomic mass is 10.2. The van der Waals surface area contributed by atoms with E-state index in [1.54, 1.807) is 13.0 Å². The molecule has 118 valence electrons. The zero-order chi connectivity index (χ0) is 15.8. The minimum absolute atomic E-state index is 0.635. The van der Waals surface area contributed by atoms with E-state index < -0.39 is 12.5 Å². The molecule has 2 nitrogen and oxygen atoms in total. The zero-order valence-electron chi connectivity index (χ0n) is 13.6. The van der Waals surface area contributed by atoms with Crippen LogP contribution in [0.1, 0.15) is 52.0 Å². The molecule has 0 aromatic heterocycles. The maximum absolute atomic E-state index is 13.3. The normalized spacial score (nSPS) is 15.2. The first-order chi connectivity index (χ1) is 9.95. The van der Waals surface area contributed by atoms with Crippen LogP contribution in [-0.4, -0.2) is 22.8 Å². The molecule has 1 aromatic rings. The van der Waals surface area contributed by atoms with Gasteiger partial charge in [0.25, 0.3) is 0 Å². The van der Waals surface area contributed by atoms with Gasteiger partial charge in [-0.15, -0.1) is 0 Å². The molecule has 0 saturated carbocycles. The maximum atomic E-state index is 13.3. The van der Waals surface area contributed by atoms with Crippen molar-refractivity contribution in [3.63, 3.8) is 0 Å². The Kier molecular flexibility index (Phi) is 7.42. The Morgan fingerprint density at radius 3 is 2.10 bits per heavy atom. The number of benzene rings is 1. The molecular formula is C18H29O2P. The van der Waals surface area contributed by atoms with Gasteiger partial charge < -0.3 is 9.67 Å². The quantitative estimate of drug-likeness (QED) is 0.622. The van der Waals surface area contributed by atoms with Gasteiger partial charge in [0.15, 0.2) is 0 Å². The van der Waals surface area contributed by atoms with Gasteiger partial charge >= 0.3 is 0 Å². The summed E-state index contributed by atoms with van der Waals surface area (Å²) in [6, 6.07) is 9.85. The molecular weight excluding hydrogens is 279 g/mol. The van der Waals surface area contributed by atoms with Crippen molar-refractivity contribution in [2.24, 2.45) is 0 Å². The van der Waals surface area contributed by atoms with E-state index in [0.29, 0.717) is 12.3 Å². The number of aliphatic hydroxyl groups is 1. The van der Waals surface area contributed by atoms with Gasteiger partial charge in [-0.1, -0.05) is 63.1 Å². The van der Waals surface area contributed by atoms with Gasteiger partial charge in [0, 0.05) is 12.3 Å². The van der Waals surface area contributed by atoms with Crippen LogP contribution in [-0.2, 0) is 4.57 Å². The van der Waals surface area contributed by atoms with Gasteiger partial charge in [0.1, 0.15) is 12.5 Å². The smallest absolute Gasteiger partial charge is 0.133 e. The van der Waals surface area contributed by atoms with Crippen molar-refractivity contribution in [1.29, 1.82) is 0 Å². The maximum Gasteiger partial charge on any atom is 0.133 e. The number of rotatable bonds is 9. The Morgan fingerprint density at radius 2 is 1.62 bits per heavy atom. The molecule has 1 aromatic carbocycles. The summed E-state index contributed by atoms with van der Waals surface area (Å²) in [5, 5.41) is 9.58. The van der Waals surface area contributed by atoms with Crippen LogP contribution in [0.3, 0.4) is 0 Å². The molecule has 1 atom stereocenters. The molecule has 0 amide bonds. The molecule has 3 heteroatoms. The summed E-state index contributed by atoms with van der Waals surface area (Å²) in [7, 11) is -2.62. The van der Waals surface area contributed by atoms with Crippen molar-refractivity contribution in [3.8, 4) is 0 Å². The summed E-state index contributed by atoms with van der Waals surface area (Å²) in [5.74, 6) is 0. The molecule has 1 rings (SSSR count). The van der Waals surface area contributed by atoms with Crippen molar-refractivity contribution in [1.82, 2.24) is 0 Å². The minimum Gasteiger partial charge on any atom is -0.378 e. The van der Waals surface area contributed by atoms with E-state index in [1.165, 1.54) is 0 Å². The average Bonchev–Trinajstić information content (AvgIpc) is 2.50. The first kappa shape index (κ1) is 18.2. The zero-order valence-corrected chi connectivity index (χ0v) is 14.5. The Hall–Kier alpha value is -0.850. The van der Waals surface area contributed by atoms with E-state index in [9.17, 15) is 9.67 Å². The third kappa shape index (κ3) is 5.45. The molecule has 0 radical (unpaired) electrons. The summed E-state index contributed by atoms with van der Waals surface area (Å²) in [5.41, 5.74) is 1.02. The fourth-order valence-electron chi connectivity index (χ4n) is 2.35. The summed E-state index contributed by atoms with van der Waals surface area (Å²) < 4.78 is 13.3. The standard InChI is InChI=1S/C18H29O2P/c1-4-6-15-21(20,16-7-5-2)18(3,19)14-13-17-11-9-8-10-12-17/h8-14,19H,4-7,15-16H2,1-3H3/b14-13+. The van der Waals surface area contributed by atoms with Crippen LogP contribution in [0.2, 0.25) is 0 Å². The van der Waals surface area contributed by atoms with E-state index in [2.05, 4.69) is 13.8 Å². The van der Waals surface area contributed by atoms with Crippen LogP contribution < -0.4 is 0 Å². The van der Waals surface area contributed by atoms with Gasteiger partial charge in [0.2, 0.25) is 0 Å². The van der Waals surface area contributed by atoms with Crippen molar-refractivity contribution < 1.29 is 9.67 Å². The Balaban J connectivity index is 2.92. The third-order valence-corrected chi connectivity index (χ3v) is 7.84. The average molecular weight is 308 g/mol. The van der Waals surface area contributed by atoms with Crippen molar-refractivity contribution in [2.45, 2.75) is 51.8 Å². The molecule has 0 saturated heterocycles. The SMILES string of the molecule is CCCCP(=O)(CCCC)C(C)(O)/C=C/c1ccccc1. The van der Waals surface area contributed by atoms with Crippen molar-refractivity contribution in [3.05, 3.63) is 42.0 Å². The molecule has 0 aliphatic heterocycles. The molecule has 0 spiro atoms. The van der Waals surface area contributed by atoms with E-state index >= 15 is 0 Å². The molecule has 1 unspecified atom stereocenters. The lowest BCUT2D eigenvalue weighted by Crippen LogP contribution is -2.25. The Bertz CT molecular complexity index is 465. The van der Waals surface area contributed by atoms with Crippen molar-refractivity contribution in [2.75, 3.05) is 12.3 Å². The first-order valence-electron chi connectivity index (χ1n) is 8.00. The van der Waals surface area contributed by atoms with E-state index in [4.69, 9.17) is 0 Å². The highest BCUT2D eigenvalue weighted by Crippen LogP contribution is 2.58. The van der Waals surface area contributed by atoms with E-state index in [-0.39, 0.29) is 0 Å². The second-order valence-electron chi connectivity index (χ2n) is 5.88. The Labute approximate surface area is 129 Å². The molecule has 0 aliphatic rings. The Morgan fingerprint density at radius 1 is 1.10 bits per heavy atom. The fraction of sp³-hybridized carbons (Fsp3) is 0.556. The predicted octanol–water partition coefficient (Wildman–Crippen LogP) is 5.37. The summed E-state index contributed by atoms with van der Waals surface area (Å²) in [4.78, 5) is 0. The highest BCUT2D eigenvalue weighted by atomic mass is 31.2. The second-order valence-corrected chi connectivity index (χ2v) is 9.46. The monoisotopic (exact) mass is 308 g/mol. The molecule has 21 heavy (non-hydrogen) atoms. The van der Waals surface area contributed by atoms with Crippen LogP contribution in [0.25, 0.3) is 6.08 Å². The third-order valence-electron chi connectivity index (χ3n) is 3.96. The first-order valence-corrected chi connectivity index (χ1v) is 10.1. The predicted molar refractivity (Wildman–Crippen MR) is 93.3 cm³/mol. The molecule has 1 N–H and O–H groups in total. The largest absolute Gasteiger partial charge is 0.378 e. The molecule has 0 fully saturated rings. The number of hydrogen-bond donors (Lipinski definition) is 1. The van der Waals surface area contributed by atoms with E-state index in [0.717, 1.165) is 31.2 Å². The minimum atomic E-state index is -2.62. The molecule has 0 aliphatic carbocycles. The van der Waals surface area contributed by atoms with E-state index in [1.807, 2.05) is 36.4 Å². The highest BCUT2D eigenvalue weighted by molar-refractivity contribution is 7.65. The van der Waals surface area contributed by atoms with Gasteiger partial charge in [-0.2, -0.15) is 0 Å². The van der Waals surface area contributed by atoms with Gasteiger partial charge in [-0.3, -0.25) is 0 Å². The lowest BCUT2D eigenvalue weighted by Gasteiger charge is -2.31. The van der Waals surface area contributed by atoms with Crippen LogP contribution >= 0.6 is 7.14 Å². The summed E-state index contributed by atoms with van der Waals surface area (Å²) in [6.07, 6.45) is 8.72. The number of unbranched alkanes of at least 4 members (excludes halogenated alkanes) is 2. The number of hydrogen-bond acceptors (Lipinski definition) is 2. The van der Waals surface area contributed by atoms with Crippen molar-refractivity contribution >= 4 is 13.2 Å². The lowest BCUT2D eigenvalue weighted by molar-refractivity contribution is 0.192. The molecule has 0 heterocycles. The van der Waals surface area contributed by atoms with Crippen LogP contribution in [0.4, 0.5) is 0 Å². The van der Waals surface area contributed by atoms with Gasteiger partial charge in [-0.25, -0.2) is 0 Å². The molecule has 0 bridgehead atoms. The van der Waals surface area contributed by atoms with Gasteiger partial charge in [-0.05, 0) is 31.4 Å². The second kappa shape index (κ2) is 8.56. The van der Waals surface area contributed by atoms with Crippen LogP contribution in [0, 0.1) is 0 Å². The highest BCUT2D eigenvalue weighted by Gasteiger charge is 2.39. The fourth-order valence-corrected chi connectivity index (χ4v) is 5.47. The van der Waals surface area contributed by atoms with Gasteiger partial charge in [0.05, 0.1) is 0 Å². The summed E-state index contributed by atoms with van der Waals surface area (Å²) in [6.45, 7) is 5.90. The van der Waals surface area contributed by atoms with Crippen LogP contribution in [0.15, 0.2) is 36.4 Å².